The Balaban J connectivity index is 1.65. The van der Waals surface area contributed by atoms with Crippen LogP contribution in [0.1, 0.15) is 69.4 Å². The number of hydrogen-bond acceptors (Lipinski definition) is 4. The molecular weight excluding hydrogens is 424 g/mol. The lowest BCUT2D eigenvalue weighted by molar-refractivity contribution is -0.146. The summed E-state index contributed by atoms with van der Waals surface area (Å²) < 4.78 is 4.79. The third kappa shape index (κ3) is 5.87. The molecule has 0 aromatic heterocycles. The zero-order valence-electron chi connectivity index (χ0n) is 21.8. The van der Waals surface area contributed by atoms with Gasteiger partial charge < -0.3 is 9.64 Å². The minimum atomic E-state index is -0.454. The fourth-order valence-electron chi connectivity index (χ4n) is 5.51. The van der Waals surface area contributed by atoms with Gasteiger partial charge >= 0.3 is 5.97 Å². The standard InChI is InChI=1S/C29H40N2O3/c1-21-17-30(27(33)29(5,6)20-28(3,4)25-11-9-8-10-12-25)18-22(2)31(21)19-23-13-15-24(16-14-23)26(32)34-7/h8-16,21-22H,17-20H2,1-7H3/t21-,22?/m0/s1. The number of nitrogens with zero attached hydrogens (tertiary/aromatic N) is 2. The van der Waals surface area contributed by atoms with E-state index >= 15 is 0 Å². The minimum absolute atomic E-state index is 0.0875. The fraction of sp³-hybridized carbons (Fsp3) is 0.517. The molecule has 5 heteroatoms. The van der Waals surface area contributed by atoms with E-state index in [1.54, 1.807) is 0 Å². The van der Waals surface area contributed by atoms with E-state index in [1.807, 2.05) is 30.3 Å². The lowest BCUT2D eigenvalue weighted by Crippen LogP contribution is -2.59. The maximum atomic E-state index is 13.7. The molecule has 5 nitrogen and oxygen atoms in total. The summed E-state index contributed by atoms with van der Waals surface area (Å²) in [5, 5.41) is 0. The average molecular weight is 465 g/mol. The van der Waals surface area contributed by atoms with Crippen LogP contribution in [0.15, 0.2) is 54.6 Å². The quantitative estimate of drug-likeness (QED) is 0.523. The Bertz CT molecular complexity index is 970. The number of piperazine rings is 1. The van der Waals surface area contributed by atoms with Crippen LogP contribution in [0.3, 0.4) is 0 Å². The van der Waals surface area contributed by atoms with Gasteiger partial charge in [-0.25, -0.2) is 4.79 Å². The summed E-state index contributed by atoms with van der Waals surface area (Å²) in [5.74, 6) is -0.0873. The zero-order chi connectivity index (χ0) is 25.1. The van der Waals surface area contributed by atoms with Gasteiger partial charge in [0.15, 0.2) is 0 Å². The molecule has 0 radical (unpaired) electrons. The molecule has 1 saturated heterocycles. The van der Waals surface area contributed by atoms with Gasteiger partial charge in [-0.05, 0) is 48.9 Å². The first-order chi connectivity index (χ1) is 15.9. The van der Waals surface area contributed by atoms with Gasteiger partial charge in [0, 0.05) is 37.1 Å². The Kier molecular flexibility index (Phi) is 7.87. The van der Waals surface area contributed by atoms with Crippen LogP contribution in [0, 0.1) is 5.41 Å². The van der Waals surface area contributed by atoms with Crippen molar-refractivity contribution in [3.05, 3.63) is 71.3 Å². The third-order valence-corrected chi connectivity index (χ3v) is 7.15. The summed E-state index contributed by atoms with van der Waals surface area (Å²) in [7, 11) is 1.39. The summed E-state index contributed by atoms with van der Waals surface area (Å²) in [5.41, 5.74) is 2.43. The van der Waals surface area contributed by atoms with Crippen LogP contribution in [0.2, 0.25) is 0 Å². The van der Waals surface area contributed by atoms with Crippen LogP contribution in [0.4, 0.5) is 0 Å². The van der Waals surface area contributed by atoms with Crippen LogP contribution in [0.25, 0.3) is 0 Å². The van der Waals surface area contributed by atoms with Crippen molar-refractivity contribution in [1.29, 1.82) is 0 Å². The van der Waals surface area contributed by atoms with E-state index < -0.39 is 5.41 Å². The number of ether oxygens (including phenoxy) is 1. The van der Waals surface area contributed by atoms with E-state index in [1.165, 1.54) is 12.7 Å². The molecule has 1 unspecified atom stereocenters. The molecule has 1 fully saturated rings. The average Bonchev–Trinajstić information content (AvgIpc) is 2.80. The number of amides is 1. The molecule has 0 bridgehead atoms. The Morgan fingerprint density at radius 3 is 2.00 bits per heavy atom. The molecule has 0 spiro atoms. The normalized spacial score (nSPS) is 19.7. The van der Waals surface area contributed by atoms with Gasteiger partial charge in [-0.3, -0.25) is 9.69 Å². The summed E-state index contributed by atoms with van der Waals surface area (Å²) >= 11 is 0. The monoisotopic (exact) mass is 464 g/mol. The molecule has 184 valence electrons. The van der Waals surface area contributed by atoms with Gasteiger partial charge in [0.05, 0.1) is 12.7 Å². The molecule has 2 aromatic carbocycles. The van der Waals surface area contributed by atoms with E-state index in [2.05, 4.69) is 75.6 Å². The smallest absolute Gasteiger partial charge is 0.337 e. The number of esters is 1. The lowest BCUT2D eigenvalue weighted by atomic mass is 9.70. The van der Waals surface area contributed by atoms with Crippen molar-refractivity contribution >= 4 is 11.9 Å². The zero-order valence-corrected chi connectivity index (χ0v) is 21.8. The molecule has 1 heterocycles. The van der Waals surface area contributed by atoms with E-state index in [9.17, 15) is 9.59 Å². The van der Waals surface area contributed by atoms with Gasteiger partial charge in [-0.15, -0.1) is 0 Å². The predicted octanol–water partition coefficient (Wildman–Crippen LogP) is 5.29. The maximum Gasteiger partial charge on any atom is 0.337 e. The Morgan fingerprint density at radius 1 is 0.912 bits per heavy atom. The number of rotatable bonds is 7. The maximum absolute atomic E-state index is 13.7. The van der Waals surface area contributed by atoms with E-state index in [4.69, 9.17) is 4.74 Å². The molecular formula is C29H40N2O3. The molecule has 0 aliphatic carbocycles. The summed E-state index contributed by atoms with van der Waals surface area (Å²) in [4.78, 5) is 29.9. The van der Waals surface area contributed by atoms with Crippen LogP contribution >= 0.6 is 0 Å². The molecule has 1 aliphatic rings. The highest BCUT2D eigenvalue weighted by atomic mass is 16.5. The molecule has 2 aromatic rings. The molecule has 1 amide bonds. The van der Waals surface area contributed by atoms with Crippen LogP contribution in [-0.4, -0.2) is 54.0 Å². The predicted molar refractivity (Wildman–Crippen MR) is 137 cm³/mol. The van der Waals surface area contributed by atoms with E-state index in [0.29, 0.717) is 5.56 Å². The van der Waals surface area contributed by atoms with Gasteiger partial charge in [-0.2, -0.15) is 0 Å². The lowest BCUT2D eigenvalue weighted by Gasteiger charge is -2.47. The fourth-order valence-corrected chi connectivity index (χ4v) is 5.51. The number of carbonyl (C=O) groups is 2. The van der Waals surface area contributed by atoms with Crippen LogP contribution in [-0.2, 0) is 21.5 Å². The van der Waals surface area contributed by atoms with Gasteiger partial charge in [0.25, 0.3) is 0 Å². The highest BCUT2D eigenvalue weighted by Gasteiger charge is 2.41. The van der Waals surface area contributed by atoms with Gasteiger partial charge in [0.2, 0.25) is 5.91 Å². The largest absolute Gasteiger partial charge is 0.465 e. The second-order valence-corrected chi connectivity index (χ2v) is 11.1. The highest BCUT2D eigenvalue weighted by molar-refractivity contribution is 5.89. The number of methoxy groups -OCH3 is 1. The number of benzene rings is 2. The SMILES string of the molecule is COC(=O)c1ccc(CN2C(C)CN(C(=O)C(C)(C)CC(C)(C)c3ccccc3)C[C@@H]2C)cc1. The van der Waals surface area contributed by atoms with Crippen LogP contribution < -0.4 is 0 Å². The van der Waals surface area contributed by atoms with Gasteiger partial charge in [0.1, 0.15) is 0 Å². The number of hydrogen-bond donors (Lipinski definition) is 0. The Labute approximate surface area is 205 Å². The summed E-state index contributed by atoms with van der Waals surface area (Å²) in [6, 6.07) is 18.6. The van der Waals surface area contributed by atoms with Crippen molar-refractivity contribution in [2.45, 2.75) is 72.0 Å². The van der Waals surface area contributed by atoms with Crippen molar-refractivity contribution in [2.75, 3.05) is 20.2 Å². The molecule has 2 atom stereocenters. The molecule has 0 N–H and O–H groups in total. The molecule has 1 aliphatic heterocycles. The first-order valence-corrected chi connectivity index (χ1v) is 12.2. The summed E-state index contributed by atoms with van der Waals surface area (Å²) in [6.07, 6.45) is 0.790. The van der Waals surface area contributed by atoms with E-state index in [-0.39, 0.29) is 29.4 Å². The first-order valence-electron chi connectivity index (χ1n) is 12.2. The van der Waals surface area contributed by atoms with E-state index in [0.717, 1.165) is 31.6 Å². The van der Waals surface area contributed by atoms with Crippen LogP contribution in [0.5, 0.6) is 0 Å². The van der Waals surface area contributed by atoms with Crippen molar-refractivity contribution in [3.63, 3.8) is 0 Å². The topological polar surface area (TPSA) is 49.9 Å². The van der Waals surface area contributed by atoms with Crippen molar-refractivity contribution < 1.29 is 14.3 Å². The van der Waals surface area contributed by atoms with Crippen molar-refractivity contribution in [1.82, 2.24) is 9.80 Å². The molecule has 34 heavy (non-hydrogen) atoms. The summed E-state index contributed by atoms with van der Waals surface area (Å²) in [6.45, 7) is 15.3. The Hall–Kier alpha value is -2.66. The minimum Gasteiger partial charge on any atom is -0.465 e. The van der Waals surface area contributed by atoms with Gasteiger partial charge in [-0.1, -0.05) is 70.2 Å². The number of carbonyl (C=O) groups excluding carboxylic acids is 2. The third-order valence-electron chi connectivity index (χ3n) is 7.15. The second-order valence-electron chi connectivity index (χ2n) is 11.1. The first kappa shape index (κ1) is 26.0. The molecule has 0 saturated carbocycles. The van der Waals surface area contributed by atoms with Crippen molar-refractivity contribution in [3.8, 4) is 0 Å². The van der Waals surface area contributed by atoms with Crippen molar-refractivity contribution in [2.24, 2.45) is 5.41 Å². The Morgan fingerprint density at radius 2 is 1.47 bits per heavy atom. The highest BCUT2D eigenvalue weighted by Crippen LogP contribution is 2.38. The second kappa shape index (κ2) is 10.3. The molecule has 3 rings (SSSR count).